The number of benzene rings is 1. The van der Waals surface area contributed by atoms with Gasteiger partial charge in [0.25, 0.3) is 23.6 Å². The summed E-state index contributed by atoms with van der Waals surface area (Å²) in [4.78, 5) is 46.5. The van der Waals surface area contributed by atoms with Crippen LogP contribution in [0.5, 0.6) is 0 Å². The largest absolute Gasteiger partial charge is 0.289 e. The van der Waals surface area contributed by atoms with Crippen molar-refractivity contribution in [2.24, 2.45) is 0 Å². The van der Waals surface area contributed by atoms with Crippen molar-refractivity contribution in [1.29, 1.82) is 0 Å². The Morgan fingerprint density at radius 3 is 1.42 bits per heavy atom. The normalized spacial score (nSPS) is 17.3. The van der Waals surface area contributed by atoms with E-state index in [-0.39, 0.29) is 23.6 Å². The second-order valence-electron chi connectivity index (χ2n) is 6.59. The van der Waals surface area contributed by atoms with Crippen LogP contribution in [0.1, 0.15) is 37.8 Å². The fourth-order valence-corrected chi connectivity index (χ4v) is 3.24. The van der Waals surface area contributed by atoms with E-state index in [4.69, 9.17) is 0 Å². The molecule has 2 N–H and O–H groups in total. The predicted octanol–water partition coefficient (Wildman–Crippen LogP) is 1.50. The van der Waals surface area contributed by atoms with Gasteiger partial charge < -0.3 is 0 Å². The second kappa shape index (κ2) is 7.07. The first-order chi connectivity index (χ1) is 12.4. The van der Waals surface area contributed by atoms with Gasteiger partial charge in [-0.05, 0) is 50.7 Å². The van der Waals surface area contributed by atoms with Crippen molar-refractivity contribution in [3.8, 4) is 0 Å². The van der Waals surface area contributed by atoms with Crippen LogP contribution in [-0.4, -0.2) is 23.6 Å². The molecule has 0 saturated heterocycles. The molecule has 0 spiro atoms. The maximum absolute atomic E-state index is 11.8. The van der Waals surface area contributed by atoms with Gasteiger partial charge in [-0.15, -0.1) is 0 Å². The highest BCUT2D eigenvalue weighted by Gasteiger charge is 2.27. The molecule has 6 nitrogen and oxygen atoms in total. The van der Waals surface area contributed by atoms with E-state index in [1.54, 1.807) is 13.8 Å². The van der Waals surface area contributed by atoms with Crippen LogP contribution >= 0.6 is 0 Å². The van der Waals surface area contributed by atoms with E-state index in [0.717, 1.165) is 11.1 Å². The number of hydrogen-bond donors (Lipinski definition) is 2. The topological polar surface area (TPSA) is 92.3 Å². The van der Waals surface area contributed by atoms with Crippen molar-refractivity contribution in [1.82, 2.24) is 10.6 Å². The summed E-state index contributed by atoms with van der Waals surface area (Å²) in [6.07, 6.45) is 2.33. The lowest BCUT2D eigenvalue weighted by atomic mass is 9.97. The molecule has 134 valence electrons. The van der Waals surface area contributed by atoms with Crippen LogP contribution in [0.25, 0.3) is 0 Å². The molecule has 0 fully saturated rings. The van der Waals surface area contributed by atoms with E-state index in [1.165, 1.54) is 0 Å². The van der Waals surface area contributed by atoms with Crippen LogP contribution < -0.4 is 10.6 Å². The van der Waals surface area contributed by atoms with E-state index in [0.29, 0.717) is 48.0 Å². The van der Waals surface area contributed by atoms with Gasteiger partial charge in [0.15, 0.2) is 0 Å². The van der Waals surface area contributed by atoms with Crippen molar-refractivity contribution in [2.75, 3.05) is 0 Å². The summed E-state index contributed by atoms with van der Waals surface area (Å²) < 4.78 is 0. The lowest BCUT2D eigenvalue weighted by molar-refractivity contribution is -0.125. The summed E-state index contributed by atoms with van der Waals surface area (Å²) >= 11 is 0. The molecular weight excluding hydrogens is 332 g/mol. The van der Waals surface area contributed by atoms with Gasteiger partial charge in [0.2, 0.25) is 0 Å². The summed E-state index contributed by atoms with van der Waals surface area (Å²) in [5.41, 5.74) is 4.20. The number of carbonyl (C=O) groups excluding carboxylic acids is 4. The first kappa shape index (κ1) is 17.8. The molecule has 2 heterocycles. The fraction of sp³-hybridized carbons (Fsp3) is 0.300. The third kappa shape index (κ3) is 3.49. The van der Waals surface area contributed by atoms with E-state index in [1.807, 2.05) is 24.3 Å². The van der Waals surface area contributed by atoms with E-state index in [9.17, 15) is 19.2 Å². The standard InChI is InChI=1S/C20H20N2O4/c1-11-15(19(25)21-17(11)23)8-6-13-4-3-5-14(10-13)7-9-16-12(2)18(24)22-20(16)26/h3-5,10H,6-9H2,1-2H3,(H,21,23,25)(H,22,24,26). The average molecular weight is 352 g/mol. The molecule has 0 unspecified atom stereocenters. The van der Waals surface area contributed by atoms with E-state index in [2.05, 4.69) is 10.6 Å². The van der Waals surface area contributed by atoms with Gasteiger partial charge in [-0.2, -0.15) is 0 Å². The van der Waals surface area contributed by atoms with Crippen LogP contribution in [0.3, 0.4) is 0 Å². The van der Waals surface area contributed by atoms with Crippen molar-refractivity contribution in [3.05, 3.63) is 57.7 Å². The van der Waals surface area contributed by atoms with E-state index >= 15 is 0 Å². The third-order valence-electron chi connectivity index (χ3n) is 4.91. The lowest BCUT2D eigenvalue weighted by Gasteiger charge is -2.07. The van der Waals surface area contributed by atoms with Crippen LogP contribution in [0.2, 0.25) is 0 Å². The van der Waals surface area contributed by atoms with Gasteiger partial charge in [-0.1, -0.05) is 24.3 Å². The number of nitrogens with one attached hydrogen (secondary N) is 2. The van der Waals surface area contributed by atoms with Crippen molar-refractivity contribution >= 4 is 23.6 Å². The van der Waals surface area contributed by atoms with Crippen molar-refractivity contribution < 1.29 is 19.2 Å². The number of aryl methyl sites for hydroxylation is 2. The number of carbonyl (C=O) groups is 4. The zero-order valence-corrected chi connectivity index (χ0v) is 14.8. The quantitative estimate of drug-likeness (QED) is 0.759. The zero-order chi connectivity index (χ0) is 18.8. The summed E-state index contributed by atoms with van der Waals surface area (Å²) in [6, 6.07) is 7.93. The molecule has 2 aliphatic heterocycles. The molecule has 0 aromatic heterocycles. The summed E-state index contributed by atoms with van der Waals surface area (Å²) in [7, 11) is 0. The maximum Gasteiger partial charge on any atom is 0.254 e. The minimum absolute atomic E-state index is 0.303. The number of amides is 4. The predicted molar refractivity (Wildman–Crippen MR) is 94.8 cm³/mol. The molecule has 2 aliphatic rings. The molecule has 26 heavy (non-hydrogen) atoms. The minimum Gasteiger partial charge on any atom is -0.289 e. The van der Waals surface area contributed by atoms with Crippen LogP contribution in [0, 0.1) is 0 Å². The van der Waals surface area contributed by atoms with Gasteiger partial charge in [0, 0.05) is 22.3 Å². The Balaban J connectivity index is 1.64. The minimum atomic E-state index is -0.313. The Labute approximate surface area is 151 Å². The zero-order valence-electron chi connectivity index (χ0n) is 14.8. The molecule has 0 saturated carbocycles. The molecular formula is C20H20N2O4. The highest BCUT2D eigenvalue weighted by atomic mass is 16.2. The Morgan fingerprint density at radius 1 is 0.654 bits per heavy atom. The van der Waals surface area contributed by atoms with Gasteiger partial charge >= 0.3 is 0 Å². The monoisotopic (exact) mass is 352 g/mol. The Hall–Kier alpha value is -3.02. The third-order valence-corrected chi connectivity index (χ3v) is 4.91. The summed E-state index contributed by atoms with van der Waals surface area (Å²) in [5, 5.41) is 4.61. The fourth-order valence-electron chi connectivity index (χ4n) is 3.24. The van der Waals surface area contributed by atoms with Crippen LogP contribution in [0.15, 0.2) is 46.6 Å². The van der Waals surface area contributed by atoms with Crippen molar-refractivity contribution in [2.45, 2.75) is 39.5 Å². The smallest absolute Gasteiger partial charge is 0.254 e. The van der Waals surface area contributed by atoms with Gasteiger partial charge in [-0.25, -0.2) is 0 Å². The first-order valence-corrected chi connectivity index (χ1v) is 8.55. The molecule has 1 aromatic rings. The van der Waals surface area contributed by atoms with Gasteiger partial charge in [0.1, 0.15) is 0 Å². The Bertz CT molecular complexity index is 824. The van der Waals surface area contributed by atoms with Gasteiger partial charge in [-0.3, -0.25) is 29.8 Å². The lowest BCUT2D eigenvalue weighted by Crippen LogP contribution is -2.23. The molecule has 0 atom stereocenters. The van der Waals surface area contributed by atoms with Crippen LogP contribution in [-0.2, 0) is 32.0 Å². The molecule has 6 heteroatoms. The maximum atomic E-state index is 11.8. The Morgan fingerprint density at radius 2 is 1.08 bits per heavy atom. The Kier molecular flexibility index (Phi) is 4.84. The van der Waals surface area contributed by atoms with Crippen molar-refractivity contribution in [3.63, 3.8) is 0 Å². The SMILES string of the molecule is CC1=C(CCc2cccc(CCC3=C(C)C(=O)NC3=O)c2)C(=O)NC1=O. The number of hydrogen-bond acceptors (Lipinski definition) is 4. The molecule has 4 amide bonds. The second-order valence-corrected chi connectivity index (χ2v) is 6.59. The highest BCUT2D eigenvalue weighted by molar-refractivity contribution is 6.19. The molecule has 3 rings (SSSR count). The number of rotatable bonds is 6. The molecule has 1 aromatic carbocycles. The van der Waals surface area contributed by atoms with Gasteiger partial charge in [0.05, 0.1) is 0 Å². The highest BCUT2D eigenvalue weighted by Crippen LogP contribution is 2.21. The average Bonchev–Trinajstić information content (AvgIpc) is 2.99. The summed E-state index contributed by atoms with van der Waals surface area (Å²) in [5.74, 6) is -1.23. The number of imide groups is 2. The molecule has 0 radical (unpaired) electrons. The molecule has 0 aliphatic carbocycles. The van der Waals surface area contributed by atoms with E-state index < -0.39 is 0 Å². The first-order valence-electron chi connectivity index (χ1n) is 8.55. The van der Waals surface area contributed by atoms with Crippen LogP contribution in [0.4, 0.5) is 0 Å². The summed E-state index contributed by atoms with van der Waals surface area (Å²) in [6.45, 7) is 3.33. The molecule has 0 bridgehead atoms.